The summed E-state index contributed by atoms with van der Waals surface area (Å²) in [5.74, 6) is 1.21. The van der Waals surface area contributed by atoms with Crippen molar-refractivity contribution in [3.05, 3.63) is 54.6 Å². The van der Waals surface area contributed by atoms with E-state index in [4.69, 9.17) is 10.5 Å². The van der Waals surface area contributed by atoms with E-state index in [9.17, 15) is 0 Å². The van der Waals surface area contributed by atoms with Crippen molar-refractivity contribution in [3.63, 3.8) is 0 Å². The van der Waals surface area contributed by atoms with Crippen molar-refractivity contribution in [1.29, 1.82) is 0 Å². The van der Waals surface area contributed by atoms with E-state index in [2.05, 4.69) is 23.5 Å². The van der Waals surface area contributed by atoms with Crippen LogP contribution in [-0.2, 0) is 6.54 Å². The number of aliphatic imine (C=N–C) groups is 1. The molecule has 0 aliphatic heterocycles. The molecule has 0 aliphatic rings. The average molecular weight is 387 g/mol. The van der Waals surface area contributed by atoms with E-state index < -0.39 is 0 Å². The minimum absolute atomic E-state index is 0. The Kier molecular flexibility index (Phi) is 9.53. The summed E-state index contributed by atoms with van der Waals surface area (Å²) in [7, 11) is 0. The number of nitrogens with two attached hydrogens (primary N) is 1. The number of hydrogen-bond acceptors (Lipinski definition) is 2. The highest BCUT2D eigenvalue weighted by atomic mass is 127. The second-order valence-electron chi connectivity index (χ2n) is 4.22. The molecule has 0 amide bonds. The first-order chi connectivity index (χ1) is 9.13. The molecule has 0 fully saturated rings. The summed E-state index contributed by atoms with van der Waals surface area (Å²) < 4.78 is 5.55. The molecular weight excluding hydrogens is 365 g/mol. The smallest absolute Gasteiger partial charge is 0.189 e. The molecule has 0 bridgehead atoms. The van der Waals surface area contributed by atoms with Crippen LogP contribution >= 0.6 is 24.0 Å². The van der Waals surface area contributed by atoms with E-state index in [0.717, 1.165) is 16.9 Å². The third kappa shape index (κ3) is 7.18. The Bertz CT molecular complexity index is 472. The monoisotopic (exact) mass is 387 g/mol. The van der Waals surface area contributed by atoms with Gasteiger partial charge in [-0.1, -0.05) is 43.0 Å². The van der Waals surface area contributed by atoms with Crippen molar-refractivity contribution in [1.82, 2.24) is 5.32 Å². The second-order valence-corrected chi connectivity index (χ2v) is 4.22. The number of para-hydroxylation sites is 1. The Morgan fingerprint density at radius 3 is 2.80 bits per heavy atom. The van der Waals surface area contributed by atoms with E-state index in [1.165, 1.54) is 0 Å². The molecule has 0 radical (unpaired) electrons. The Balaban J connectivity index is 0.00000361. The molecule has 3 N–H and O–H groups in total. The van der Waals surface area contributed by atoms with Crippen LogP contribution in [0.4, 0.5) is 0 Å². The zero-order chi connectivity index (χ0) is 14.1. The molecule has 0 aliphatic carbocycles. The maximum absolute atomic E-state index is 5.76. The van der Waals surface area contributed by atoms with Crippen LogP contribution < -0.4 is 15.8 Å². The molecular formula is C15H22IN3O. The second kappa shape index (κ2) is 10.3. The van der Waals surface area contributed by atoms with Crippen molar-refractivity contribution in [3.8, 4) is 5.75 Å². The molecule has 1 aromatic carbocycles. The molecule has 110 valence electrons. The maximum atomic E-state index is 5.76. The van der Waals surface area contributed by atoms with Gasteiger partial charge in [-0.05, 0) is 13.0 Å². The molecule has 0 atom stereocenters. The van der Waals surface area contributed by atoms with Crippen LogP contribution in [0.2, 0.25) is 0 Å². The normalized spacial score (nSPS) is 10.3. The highest BCUT2D eigenvalue weighted by Gasteiger charge is 2.01. The predicted octanol–water partition coefficient (Wildman–Crippen LogP) is 2.85. The zero-order valence-electron chi connectivity index (χ0n) is 11.8. The van der Waals surface area contributed by atoms with Gasteiger partial charge in [0, 0.05) is 12.1 Å². The summed E-state index contributed by atoms with van der Waals surface area (Å²) in [6.07, 6.45) is 1.71. The fraction of sp³-hybridized carbons (Fsp3) is 0.267. The summed E-state index contributed by atoms with van der Waals surface area (Å²) >= 11 is 0. The van der Waals surface area contributed by atoms with Gasteiger partial charge in [-0.25, -0.2) is 4.99 Å². The Morgan fingerprint density at radius 1 is 1.45 bits per heavy atom. The van der Waals surface area contributed by atoms with Crippen molar-refractivity contribution >= 4 is 29.9 Å². The van der Waals surface area contributed by atoms with Crippen LogP contribution in [0.25, 0.3) is 0 Å². The fourth-order valence-corrected chi connectivity index (χ4v) is 1.39. The van der Waals surface area contributed by atoms with Crippen molar-refractivity contribution in [2.45, 2.75) is 13.5 Å². The van der Waals surface area contributed by atoms with Crippen LogP contribution in [-0.4, -0.2) is 19.1 Å². The van der Waals surface area contributed by atoms with Gasteiger partial charge in [0.2, 0.25) is 0 Å². The van der Waals surface area contributed by atoms with Gasteiger partial charge in [-0.15, -0.1) is 24.0 Å². The largest absolute Gasteiger partial charge is 0.489 e. The molecule has 0 saturated carbocycles. The Labute approximate surface area is 137 Å². The molecule has 0 unspecified atom stereocenters. The van der Waals surface area contributed by atoms with E-state index in [1.807, 2.05) is 31.2 Å². The molecule has 0 aromatic heterocycles. The van der Waals surface area contributed by atoms with Gasteiger partial charge in [-0.3, -0.25) is 0 Å². The van der Waals surface area contributed by atoms with Gasteiger partial charge in [0.1, 0.15) is 12.4 Å². The van der Waals surface area contributed by atoms with Crippen LogP contribution in [0.15, 0.2) is 54.1 Å². The first-order valence-corrected chi connectivity index (χ1v) is 6.13. The van der Waals surface area contributed by atoms with E-state index in [0.29, 0.717) is 25.7 Å². The summed E-state index contributed by atoms with van der Waals surface area (Å²) in [5.41, 5.74) is 7.76. The third-order valence-corrected chi connectivity index (χ3v) is 2.32. The number of nitrogens with zero attached hydrogens (tertiary/aromatic N) is 1. The first kappa shape index (κ1) is 18.5. The van der Waals surface area contributed by atoms with Gasteiger partial charge in [0.15, 0.2) is 5.96 Å². The van der Waals surface area contributed by atoms with E-state index in [1.54, 1.807) is 6.08 Å². The van der Waals surface area contributed by atoms with Gasteiger partial charge in [0.25, 0.3) is 0 Å². The summed E-state index contributed by atoms with van der Waals surface area (Å²) in [6.45, 7) is 10.9. The summed E-state index contributed by atoms with van der Waals surface area (Å²) in [4.78, 5) is 4.27. The van der Waals surface area contributed by atoms with Crippen LogP contribution in [0.5, 0.6) is 5.75 Å². The number of ether oxygens (including phenoxy) is 1. The van der Waals surface area contributed by atoms with Crippen molar-refractivity contribution < 1.29 is 4.74 Å². The predicted molar refractivity (Wildman–Crippen MR) is 95.7 cm³/mol. The molecule has 20 heavy (non-hydrogen) atoms. The van der Waals surface area contributed by atoms with Gasteiger partial charge in [-0.2, -0.15) is 0 Å². The minimum atomic E-state index is 0. The number of hydrogen-bond donors (Lipinski definition) is 2. The topological polar surface area (TPSA) is 59.6 Å². The molecule has 1 aromatic rings. The third-order valence-electron chi connectivity index (χ3n) is 2.32. The van der Waals surface area contributed by atoms with Crippen molar-refractivity contribution in [2.24, 2.45) is 10.7 Å². The Morgan fingerprint density at radius 2 is 2.15 bits per heavy atom. The molecule has 0 heterocycles. The van der Waals surface area contributed by atoms with Crippen LogP contribution in [0.1, 0.15) is 12.5 Å². The number of nitrogens with one attached hydrogen (secondary N) is 1. The molecule has 0 saturated heterocycles. The van der Waals surface area contributed by atoms with Gasteiger partial charge < -0.3 is 15.8 Å². The van der Waals surface area contributed by atoms with E-state index in [-0.39, 0.29) is 24.0 Å². The van der Waals surface area contributed by atoms with Gasteiger partial charge in [0.05, 0.1) is 6.54 Å². The molecule has 1 rings (SSSR count). The zero-order valence-corrected chi connectivity index (χ0v) is 14.1. The maximum Gasteiger partial charge on any atom is 0.189 e. The lowest BCUT2D eigenvalue weighted by Gasteiger charge is -2.09. The standard InChI is InChI=1S/C15H21N3O.HI/c1-4-9-19-14-8-6-5-7-13(14)11-18-15(16)17-10-12(2)3;/h4-8H,1-2,9-11H2,3H3,(H3,16,17,18);1H. The highest BCUT2D eigenvalue weighted by Crippen LogP contribution is 2.18. The average Bonchev–Trinajstić information content (AvgIpc) is 2.41. The van der Waals surface area contributed by atoms with E-state index >= 15 is 0 Å². The van der Waals surface area contributed by atoms with Crippen LogP contribution in [0, 0.1) is 0 Å². The quantitative estimate of drug-likeness (QED) is 0.327. The lowest BCUT2D eigenvalue weighted by atomic mass is 10.2. The fourth-order valence-electron chi connectivity index (χ4n) is 1.39. The first-order valence-electron chi connectivity index (χ1n) is 6.13. The number of benzene rings is 1. The number of guanidine groups is 1. The highest BCUT2D eigenvalue weighted by molar-refractivity contribution is 14.0. The number of rotatable bonds is 7. The Hall–Kier alpha value is -1.50. The lowest BCUT2D eigenvalue weighted by molar-refractivity contribution is 0.359. The molecule has 0 spiro atoms. The summed E-state index contributed by atoms with van der Waals surface area (Å²) in [5, 5.41) is 2.99. The van der Waals surface area contributed by atoms with Gasteiger partial charge >= 0.3 is 0 Å². The van der Waals surface area contributed by atoms with Crippen molar-refractivity contribution in [2.75, 3.05) is 13.2 Å². The van der Waals surface area contributed by atoms with Crippen LogP contribution in [0.3, 0.4) is 0 Å². The number of halogens is 1. The SMILES string of the molecule is C=CCOc1ccccc1CN=C(N)NCC(=C)C.I. The summed E-state index contributed by atoms with van der Waals surface area (Å²) in [6, 6.07) is 7.75. The minimum Gasteiger partial charge on any atom is -0.489 e. The lowest BCUT2D eigenvalue weighted by Crippen LogP contribution is -2.32. The molecule has 5 heteroatoms. The molecule has 4 nitrogen and oxygen atoms in total.